The van der Waals surface area contributed by atoms with Crippen molar-refractivity contribution in [1.82, 2.24) is 9.13 Å². The third kappa shape index (κ3) is 4.74. The predicted molar refractivity (Wildman–Crippen MR) is 185 cm³/mol. The number of nitriles is 1. The van der Waals surface area contributed by atoms with Crippen LogP contribution < -0.4 is 0 Å². The third-order valence-electron chi connectivity index (χ3n) is 9.43. The highest BCUT2D eigenvalue weighted by atomic mass is 19.4. The predicted octanol–water partition coefficient (Wildman–Crippen LogP) is 12.1. The Morgan fingerprint density at radius 3 is 1.42 bits per heavy atom. The second-order valence-corrected chi connectivity index (χ2v) is 12.4. The van der Waals surface area contributed by atoms with E-state index >= 15 is 0 Å². The lowest BCUT2D eigenvalue weighted by molar-refractivity contribution is -0.143. The molecule has 8 rings (SSSR count). The van der Waals surface area contributed by atoms with Gasteiger partial charge in [0.25, 0.3) is 0 Å². The number of aryl methyl sites for hydroxylation is 2. The van der Waals surface area contributed by atoms with E-state index in [-0.39, 0.29) is 22.8 Å². The maximum atomic E-state index is 14.1. The fourth-order valence-electron chi connectivity index (χ4n) is 7.29. The molecule has 9 heteroatoms. The van der Waals surface area contributed by atoms with Crippen LogP contribution in [0.2, 0.25) is 0 Å². The molecule has 0 N–H and O–H groups in total. The molecule has 2 aromatic heterocycles. The molecular weight excluding hydrogens is 648 g/mol. The summed E-state index contributed by atoms with van der Waals surface area (Å²) in [6.45, 7) is 3.99. The zero-order valence-electron chi connectivity index (χ0n) is 26.6. The van der Waals surface area contributed by atoms with Crippen molar-refractivity contribution in [2.45, 2.75) is 26.2 Å². The minimum absolute atomic E-state index is 0.0571. The Labute approximate surface area is 281 Å². The van der Waals surface area contributed by atoms with E-state index in [9.17, 15) is 31.6 Å². The molecule has 8 aromatic rings. The van der Waals surface area contributed by atoms with E-state index in [4.69, 9.17) is 0 Å². The van der Waals surface area contributed by atoms with Crippen molar-refractivity contribution < 1.29 is 26.3 Å². The lowest BCUT2D eigenvalue weighted by Crippen LogP contribution is -2.11. The van der Waals surface area contributed by atoms with Gasteiger partial charge in [-0.2, -0.15) is 31.6 Å². The Morgan fingerprint density at radius 2 is 0.960 bits per heavy atom. The molecule has 0 saturated carbocycles. The van der Waals surface area contributed by atoms with Gasteiger partial charge in [0.1, 0.15) is 0 Å². The highest BCUT2D eigenvalue weighted by Gasteiger charge is 2.37. The average molecular weight is 674 g/mol. The molecule has 0 aliphatic carbocycles. The normalized spacial score (nSPS) is 12.4. The van der Waals surface area contributed by atoms with E-state index in [1.54, 1.807) is 12.1 Å². The molecule has 0 unspecified atom stereocenters. The van der Waals surface area contributed by atoms with Gasteiger partial charge >= 0.3 is 12.4 Å². The smallest absolute Gasteiger partial charge is 0.307 e. The third-order valence-corrected chi connectivity index (χ3v) is 9.43. The largest absolute Gasteiger partial charge is 0.416 e. The number of fused-ring (bicyclic) bond motifs is 6. The van der Waals surface area contributed by atoms with Crippen molar-refractivity contribution in [3.63, 3.8) is 0 Å². The topological polar surface area (TPSA) is 33.6 Å². The molecule has 0 saturated heterocycles. The zero-order valence-corrected chi connectivity index (χ0v) is 26.6. The molecule has 3 nitrogen and oxygen atoms in total. The highest BCUT2D eigenvalue weighted by Crippen LogP contribution is 2.44. The van der Waals surface area contributed by atoms with Gasteiger partial charge in [0, 0.05) is 27.1 Å². The Bertz CT molecular complexity index is 2690. The number of nitrogens with zero attached hydrogens (tertiary/aromatic N) is 3. The quantitative estimate of drug-likeness (QED) is 0.172. The molecule has 0 bridgehead atoms. The van der Waals surface area contributed by atoms with Crippen LogP contribution in [0.25, 0.3) is 66.1 Å². The maximum absolute atomic E-state index is 14.1. The number of rotatable bonds is 3. The van der Waals surface area contributed by atoms with Gasteiger partial charge in [-0.15, -0.1) is 0 Å². The van der Waals surface area contributed by atoms with Gasteiger partial charge < -0.3 is 9.13 Å². The van der Waals surface area contributed by atoms with E-state index in [1.165, 1.54) is 0 Å². The lowest BCUT2D eigenvalue weighted by atomic mass is 9.94. The standard InChI is InChI=1S/C41H25F6N3/c1-23-9-7-15-34-38(23)29-11-3-5-13-32(29)49(34)36-19-26(22-48)31(25-17-27(40(42,43)44)20-28(18-25)41(45,46)47)21-37(36)50-33-14-6-4-12-30(33)39-24(2)10-8-16-35(39)50/h3-21H,1-2H3. The first-order chi connectivity index (χ1) is 23.9. The second kappa shape index (κ2) is 11.0. The number of aromatic nitrogens is 2. The minimum atomic E-state index is -5.06. The summed E-state index contributed by atoms with van der Waals surface area (Å²) in [4.78, 5) is 0. The van der Waals surface area contributed by atoms with Crippen LogP contribution >= 0.6 is 0 Å². The van der Waals surface area contributed by atoms with Crippen molar-refractivity contribution in [3.05, 3.63) is 143 Å². The SMILES string of the molecule is Cc1cccc2c1c1ccccc1n2-c1cc(C#N)c(-c2cc(C(F)(F)F)cc(C(F)(F)F)c2)cc1-n1c2ccccc2c2c(C)cccc21. The first-order valence-electron chi connectivity index (χ1n) is 15.7. The second-order valence-electron chi connectivity index (χ2n) is 12.4. The fourth-order valence-corrected chi connectivity index (χ4v) is 7.29. The van der Waals surface area contributed by atoms with Crippen molar-refractivity contribution >= 4 is 43.6 Å². The van der Waals surface area contributed by atoms with Crippen LogP contribution in [0.1, 0.15) is 27.8 Å². The van der Waals surface area contributed by atoms with Gasteiger partial charge in [-0.05, 0) is 85.1 Å². The molecule has 0 amide bonds. The molecule has 246 valence electrons. The first-order valence-corrected chi connectivity index (χ1v) is 15.7. The summed E-state index contributed by atoms with van der Waals surface area (Å²) in [5, 5.41) is 14.3. The van der Waals surface area contributed by atoms with Gasteiger partial charge in [0.2, 0.25) is 0 Å². The summed E-state index contributed by atoms with van der Waals surface area (Å²) >= 11 is 0. The highest BCUT2D eigenvalue weighted by molar-refractivity contribution is 6.13. The number of hydrogen-bond donors (Lipinski definition) is 0. The molecule has 6 aromatic carbocycles. The van der Waals surface area contributed by atoms with E-state index in [0.717, 1.165) is 54.7 Å². The van der Waals surface area contributed by atoms with E-state index in [1.807, 2.05) is 108 Å². The monoisotopic (exact) mass is 673 g/mol. The van der Waals surface area contributed by atoms with E-state index in [2.05, 4.69) is 6.07 Å². The summed E-state index contributed by atoms with van der Waals surface area (Å²) in [7, 11) is 0. The van der Waals surface area contributed by atoms with Gasteiger partial charge in [0.15, 0.2) is 0 Å². The van der Waals surface area contributed by atoms with Crippen molar-refractivity contribution in [1.29, 1.82) is 5.26 Å². The maximum Gasteiger partial charge on any atom is 0.416 e. The van der Waals surface area contributed by atoms with Gasteiger partial charge in [-0.3, -0.25) is 0 Å². The van der Waals surface area contributed by atoms with Crippen LogP contribution in [-0.2, 0) is 12.4 Å². The molecule has 0 aliphatic heterocycles. The number of alkyl halides is 6. The molecular formula is C41H25F6N3. The summed E-state index contributed by atoms with van der Waals surface area (Å²) < 4.78 is 88.4. The van der Waals surface area contributed by atoms with Gasteiger partial charge in [-0.1, -0.05) is 60.7 Å². The molecule has 2 heterocycles. The van der Waals surface area contributed by atoms with Crippen molar-refractivity contribution in [3.8, 4) is 28.6 Å². The zero-order chi connectivity index (χ0) is 35.1. The summed E-state index contributed by atoms with van der Waals surface area (Å²) in [6.07, 6.45) is -10.1. The van der Waals surface area contributed by atoms with E-state index < -0.39 is 23.5 Å². The molecule has 0 radical (unpaired) electrons. The number of benzene rings is 6. The van der Waals surface area contributed by atoms with Crippen LogP contribution in [0.15, 0.2) is 115 Å². The number of hydrogen-bond acceptors (Lipinski definition) is 1. The molecule has 0 spiro atoms. The van der Waals surface area contributed by atoms with Crippen molar-refractivity contribution in [2.24, 2.45) is 0 Å². The average Bonchev–Trinajstić information content (AvgIpc) is 3.61. The first kappa shape index (κ1) is 31.3. The Morgan fingerprint density at radius 1 is 0.520 bits per heavy atom. The summed E-state index contributed by atoms with van der Waals surface area (Å²) in [5.41, 5.74) is 2.84. The molecule has 0 fully saturated rings. The van der Waals surface area contributed by atoms with Crippen molar-refractivity contribution in [2.75, 3.05) is 0 Å². The van der Waals surface area contributed by atoms with Crippen LogP contribution in [0.5, 0.6) is 0 Å². The van der Waals surface area contributed by atoms with Crippen LogP contribution in [0.3, 0.4) is 0 Å². The molecule has 0 aliphatic rings. The molecule has 50 heavy (non-hydrogen) atoms. The fraction of sp³-hybridized carbons (Fsp3) is 0.0976. The Hall–Kier alpha value is -6.01. The van der Waals surface area contributed by atoms with Gasteiger partial charge in [-0.25, -0.2) is 0 Å². The Balaban J connectivity index is 1.58. The Kier molecular flexibility index (Phi) is 6.88. The van der Waals surface area contributed by atoms with Gasteiger partial charge in [0.05, 0.1) is 56.2 Å². The number of halogens is 6. The number of para-hydroxylation sites is 2. The van der Waals surface area contributed by atoms with Crippen LogP contribution in [0.4, 0.5) is 26.3 Å². The van der Waals surface area contributed by atoms with E-state index in [0.29, 0.717) is 23.5 Å². The van der Waals surface area contributed by atoms with Crippen LogP contribution in [-0.4, -0.2) is 9.13 Å². The minimum Gasteiger partial charge on any atom is -0.307 e. The summed E-state index contributed by atoms with van der Waals surface area (Å²) in [5.74, 6) is 0. The molecule has 0 atom stereocenters. The van der Waals surface area contributed by atoms with Crippen LogP contribution in [0, 0.1) is 25.2 Å². The lowest BCUT2D eigenvalue weighted by Gasteiger charge is -2.20. The summed E-state index contributed by atoms with van der Waals surface area (Å²) in [6, 6.07) is 33.9.